The van der Waals surface area contributed by atoms with Gasteiger partial charge in [0.05, 0.1) is 6.42 Å². The molecule has 2 saturated carbocycles. The van der Waals surface area contributed by atoms with Crippen molar-refractivity contribution < 1.29 is 13.2 Å². The SMILES string of the molecule is CC1(C)C2CCC1(C)C(NCCC(F)(F)F)C2. The molecule has 0 amide bonds. The van der Waals surface area contributed by atoms with Gasteiger partial charge in [0.2, 0.25) is 0 Å². The summed E-state index contributed by atoms with van der Waals surface area (Å²) in [5, 5.41) is 3.15. The van der Waals surface area contributed by atoms with Crippen LogP contribution in [0.15, 0.2) is 0 Å². The van der Waals surface area contributed by atoms with Crippen LogP contribution >= 0.6 is 0 Å². The zero-order valence-corrected chi connectivity index (χ0v) is 10.8. The lowest BCUT2D eigenvalue weighted by Gasteiger charge is -2.39. The van der Waals surface area contributed by atoms with E-state index in [1.165, 1.54) is 6.42 Å². The lowest BCUT2D eigenvalue weighted by Crippen LogP contribution is -2.45. The fourth-order valence-electron chi connectivity index (χ4n) is 3.90. The molecular formula is C13H22F3N. The highest BCUT2D eigenvalue weighted by Crippen LogP contribution is 2.65. The molecule has 0 heterocycles. The van der Waals surface area contributed by atoms with Crippen LogP contribution in [0.25, 0.3) is 0 Å². The Hall–Kier alpha value is -0.250. The van der Waals surface area contributed by atoms with Crippen molar-refractivity contribution in [1.82, 2.24) is 5.32 Å². The van der Waals surface area contributed by atoms with Crippen LogP contribution in [0, 0.1) is 16.7 Å². The van der Waals surface area contributed by atoms with Crippen molar-refractivity contribution in [2.45, 2.75) is 58.7 Å². The molecule has 2 rings (SSSR count). The second-order valence-electron chi connectivity index (χ2n) is 6.48. The standard InChI is InChI=1S/C13H22F3N/c1-11(2)9-4-5-12(11,3)10(8-9)17-7-6-13(14,15)16/h9-10,17H,4-8H2,1-3H3. The Morgan fingerprint density at radius 1 is 1.24 bits per heavy atom. The normalized spacial score (nSPS) is 39.9. The number of alkyl halides is 3. The maximum atomic E-state index is 12.1. The molecular weight excluding hydrogens is 227 g/mol. The van der Waals surface area contributed by atoms with E-state index in [-0.39, 0.29) is 23.4 Å². The largest absolute Gasteiger partial charge is 0.390 e. The topological polar surface area (TPSA) is 12.0 Å². The molecule has 2 fully saturated rings. The van der Waals surface area contributed by atoms with E-state index in [0.717, 1.165) is 12.8 Å². The fraction of sp³-hybridized carbons (Fsp3) is 1.00. The summed E-state index contributed by atoms with van der Waals surface area (Å²) in [5.41, 5.74) is 0.437. The Labute approximate surface area is 101 Å². The van der Waals surface area contributed by atoms with Gasteiger partial charge in [0.15, 0.2) is 0 Å². The minimum atomic E-state index is -4.04. The molecule has 0 radical (unpaired) electrons. The van der Waals surface area contributed by atoms with E-state index in [0.29, 0.717) is 5.92 Å². The summed E-state index contributed by atoms with van der Waals surface area (Å²) in [6, 6.07) is 0.263. The smallest absolute Gasteiger partial charge is 0.313 e. The second-order valence-corrected chi connectivity index (χ2v) is 6.48. The Morgan fingerprint density at radius 3 is 2.29 bits per heavy atom. The lowest BCUT2D eigenvalue weighted by molar-refractivity contribution is -0.134. The maximum Gasteiger partial charge on any atom is 0.390 e. The molecule has 0 saturated heterocycles. The van der Waals surface area contributed by atoms with Crippen LogP contribution in [-0.4, -0.2) is 18.8 Å². The highest BCUT2D eigenvalue weighted by molar-refractivity contribution is 5.12. The summed E-state index contributed by atoms with van der Waals surface area (Å²) in [6.07, 6.45) is -1.33. The van der Waals surface area contributed by atoms with E-state index in [4.69, 9.17) is 0 Å². The molecule has 3 atom stereocenters. The van der Waals surface area contributed by atoms with Gasteiger partial charge in [0.1, 0.15) is 0 Å². The van der Waals surface area contributed by atoms with Crippen molar-refractivity contribution >= 4 is 0 Å². The molecule has 100 valence electrons. The third kappa shape index (κ3) is 2.09. The van der Waals surface area contributed by atoms with Gasteiger partial charge in [0.25, 0.3) is 0 Å². The molecule has 0 spiro atoms. The lowest BCUT2D eigenvalue weighted by atomic mass is 9.69. The molecule has 0 aliphatic heterocycles. The van der Waals surface area contributed by atoms with Gasteiger partial charge in [-0.1, -0.05) is 20.8 Å². The average Bonchev–Trinajstić information content (AvgIpc) is 2.48. The van der Waals surface area contributed by atoms with Crippen LogP contribution < -0.4 is 5.32 Å². The van der Waals surface area contributed by atoms with Gasteiger partial charge in [0, 0.05) is 12.6 Å². The molecule has 0 aromatic heterocycles. The predicted molar refractivity (Wildman–Crippen MR) is 61.7 cm³/mol. The van der Waals surface area contributed by atoms with Crippen molar-refractivity contribution in [3.8, 4) is 0 Å². The minimum Gasteiger partial charge on any atom is -0.313 e. The number of hydrogen-bond acceptors (Lipinski definition) is 1. The molecule has 0 aromatic carbocycles. The Kier molecular flexibility index (Phi) is 3.00. The Balaban J connectivity index is 1.93. The van der Waals surface area contributed by atoms with Crippen molar-refractivity contribution in [2.75, 3.05) is 6.54 Å². The van der Waals surface area contributed by atoms with E-state index >= 15 is 0 Å². The zero-order chi connectivity index (χ0) is 12.9. The summed E-state index contributed by atoms with van der Waals surface area (Å²) >= 11 is 0. The summed E-state index contributed by atoms with van der Waals surface area (Å²) in [7, 11) is 0. The number of hydrogen-bond donors (Lipinski definition) is 1. The highest BCUT2D eigenvalue weighted by Gasteiger charge is 2.60. The zero-order valence-electron chi connectivity index (χ0n) is 10.8. The van der Waals surface area contributed by atoms with Gasteiger partial charge in [-0.05, 0) is 36.0 Å². The molecule has 2 aliphatic carbocycles. The van der Waals surface area contributed by atoms with Gasteiger partial charge < -0.3 is 5.32 Å². The number of rotatable bonds is 3. The van der Waals surface area contributed by atoms with Crippen molar-refractivity contribution in [3.63, 3.8) is 0 Å². The quantitative estimate of drug-likeness (QED) is 0.803. The monoisotopic (exact) mass is 249 g/mol. The Bertz CT molecular complexity index is 298. The van der Waals surface area contributed by atoms with E-state index in [1.54, 1.807) is 0 Å². The van der Waals surface area contributed by atoms with Crippen LogP contribution in [0.4, 0.5) is 13.2 Å². The number of halogens is 3. The maximum absolute atomic E-state index is 12.1. The average molecular weight is 249 g/mol. The van der Waals surface area contributed by atoms with Crippen molar-refractivity contribution in [1.29, 1.82) is 0 Å². The minimum absolute atomic E-state index is 0.0621. The van der Waals surface area contributed by atoms with E-state index < -0.39 is 12.6 Å². The first-order valence-corrected chi connectivity index (χ1v) is 6.47. The fourth-order valence-corrected chi connectivity index (χ4v) is 3.90. The van der Waals surface area contributed by atoms with Crippen LogP contribution in [0.1, 0.15) is 46.5 Å². The number of fused-ring (bicyclic) bond motifs is 2. The van der Waals surface area contributed by atoms with E-state index in [2.05, 4.69) is 26.1 Å². The molecule has 3 unspecified atom stereocenters. The van der Waals surface area contributed by atoms with Gasteiger partial charge in [-0.25, -0.2) is 0 Å². The van der Waals surface area contributed by atoms with E-state index in [9.17, 15) is 13.2 Å². The van der Waals surface area contributed by atoms with Gasteiger partial charge in [-0.15, -0.1) is 0 Å². The van der Waals surface area contributed by atoms with E-state index in [1.807, 2.05) is 0 Å². The van der Waals surface area contributed by atoms with Crippen LogP contribution in [0.2, 0.25) is 0 Å². The first-order chi connectivity index (χ1) is 7.67. The molecule has 1 N–H and O–H groups in total. The number of nitrogens with one attached hydrogen (secondary N) is 1. The molecule has 2 aliphatic rings. The van der Waals surface area contributed by atoms with Gasteiger partial charge in [-0.3, -0.25) is 0 Å². The van der Waals surface area contributed by atoms with Crippen LogP contribution in [-0.2, 0) is 0 Å². The summed E-state index contributed by atoms with van der Waals surface area (Å²) in [5.74, 6) is 0.677. The summed E-state index contributed by atoms with van der Waals surface area (Å²) in [4.78, 5) is 0. The van der Waals surface area contributed by atoms with Gasteiger partial charge in [-0.2, -0.15) is 13.2 Å². The van der Waals surface area contributed by atoms with Crippen molar-refractivity contribution in [3.05, 3.63) is 0 Å². The molecule has 0 aromatic rings. The molecule has 1 nitrogen and oxygen atoms in total. The second kappa shape index (κ2) is 3.87. The highest BCUT2D eigenvalue weighted by atomic mass is 19.4. The predicted octanol–water partition coefficient (Wildman–Crippen LogP) is 3.74. The van der Waals surface area contributed by atoms with Crippen LogP contribution in [0.5, 0.6) is 0 Å². The van der Waals surface area contributed by atoms with Crippen LogP contribution in [0.3, 0.4) is 0 Å². The Morgan fingerprint density at radius 2 is 1.88 bits per heavy atom. The third-order valence-electron chi connectivity index (χ3n) is 5.59. The van der Waals surface area contributed by atoms with Gasteiger partial charge >= 0.3 is 6.18 Å². The molecule has 17 heavy (non-hydrogen) atoms. The first kappa shape index (κ1) is 13.2. The summed E-state index contributed by atoms with van der Waals surface area (Å²) < 4.78 is 36.4. The molecule has 4 heteroatoms. The first-order valence-electron chi connectivity index (χ1n) is 6.47. The summed E-state index contributed by atoms with van der Waals surface area (Å²) in [6.45, 7) is 6.85. The third-order valence-corrected chi connectivity index (χ3v) is 5.59. The van der Waals surface area contributed by atoms with Crippen molar-refractivity contribution in [2.24, 2.45) is 16.7 Å². The molecule has 2 bridgehead atoms.